The van der Waals surface area contributed by atoms with Gasteiger partial charge in [0.25, 0.3) is 0 Å². The van der Waals surface area contributed by atoms with Gasteiger partial charge in [0.1, 0.15) is 0 Å². The summed E-state index contributed by atoms with van der Waals surface area (Å²) in [6.07, 6.45) is 4.51. The molecule has 1 fully saturated rings. The van der Waals surface area contributed by atoms with Gasteiger partial charge in [-0.15, -0.1) is 0 Å². The minimum atomic E-state index is -0.167. The maximum absolute atomic E-state index is 6.03. The van der Waals surface area contributed by atoms with Gasteiger partial charge in [-0.3, -0.25) is 4.90 Å². The number of ether oxygens (including phenoxy) is 2. The van der Waals surface area contributed by atoms with E-state index in [0.29, 0.717) is 6.54 Å². The smallest absolute Gasteiger partial charge is 0.158 e. The van der Waals surface area contributed by atoms with E-state index in [1.165, 1.54) is 19.3 Å². The summed E-state index contributed by atoms with van der Waals surface area (Å²) in [6, 6.07) is 0. The van der Waals surface area contributed by atoms with Crippen molar-refractivity contribution in [1.29, 1.82) is 0 Å². The Morgan fingerprint density at radius 1 is 1.28 bits per heavy atom. The van der Waals surface area contributed by atoms with E-state index in [-0.39, 0.29) is 11.8 Å². The minimum Gasteiger partial charge on any atom is -0.356 e. The highest BCUT2D eigenvalue weighted by molar-refractivity contribution is 4.89. The molecule has 108 valence electrons. The van der Waals surface area contributed by atoms with Crippen LogP contribution in [0, 0.1) is 5.92 Å². The molecule has 0 bridgehead atoms. The van der Waals surface area contributed by atoms with Crippen LogP contribution in [0.25, 0.3) is 0 Å². The molecule has 0 aromatic heterocycles. The van der Waals surface area contributed by atoms with Crippen molar-refractivity contribution in [2.75, 3.05) is 33.9 Å². The maximum atomic E-state index is 6.03. The molecule has 0 aliphatic carbocycles. The molecule has 0 saturated carbocycles. The third-order valence-corrected chi connectivity index (χ3v) is 4.35. The first-order valence-electron chi connectivity index (χ1n) is 7.06. The quantitative estimate of drug-likeness (QED) is 0.739. The van der Waals surface area contributed by atoms with E-state index in [0.717, 1.165) is 25.4 Å². The zero-order valence-corrected chi connectivity index (χ0v) is 12.4. The summed E-state index contributed by atoms with van der Waals surface area (Å²) in [4.78, 5) is 2.53. The van der Waals surface area contributed by atoms with E-state index in [4.69, 9.17) is 15.2 Å². The van der Waals surface area contributed by atoms with Crippen molar-refractivity contribution in [3.63, 3.8) is 0 Å². The molecule has 0 aromatic carbocycles. The summed E-state index contributed by atoms with van der Waals surface area (Å²) in [5.74, 6) is 0.831. The second-order valence-electron chi connectivity index (χ2n) is 5.83. The first kappa shape index (κ1) is 15.9. The van der Waals surface area contributed by atoms with Gasteiger partial charge in [0.2, 0.25) is 0 Å². The summed E-state index contributed by atoms with van der Waals surface area (Å²) in [6.45, 7) is 7.49. The lowest BCUT2D eigenvalue weighted by Crippen LogP contribution is -2.54. The van der Waals surface area contributed by atoms with Crippen LogP contribution in [0.15, 0.2) is 0 Å². The number of methoxy groups -OCH3 is 2. The lowest BCUT2D eigenvalue weighted by Gasteiger charge is -2.41. The van der Waals surface area contributed by atoms with Crippen molar-refractivity contribution >= 4 is 0 Å². The van der Waals surface area contributed by atoms with Gasteiger partial charge in [0, 0.05) is 32.7 Å². The summed E-state index contributed by atoms with van der Waals surface area (Å²) in [5, 5.41) is 0. The van der Waals surface area contributed by atoms with Gasteiger partial charge < -0.3 is 15.2 Å². The Bertz CT molecular complexity index is 234. The Morgan fingerprint density at radius 2 is 1.94 bits per heavy atom. The van der Waals surface area contributed by atoms with Gasteiger partial charge in [-0.2, -0.15) is 0 Å². The SMILES string of the molecule is COC(CC(C)(CN)N1CCCC(C)CC1)OC. The molecule has 1 aliphatic heterocycles. The molecule has 0 spiro atoms. The van der Waals surface area contributed by atoms with Crippen LogP contribution in [0.3, 0.4) is 0 Å². The molecule has 0 radical (unpaired) electrons. The summed E-state index contributed by atoms with van der Waals surface area (Å²) in [7, 11) is 3.38. The first-order chi connectivity index (χ1) is 8.55. The Kier molecular flexibility index (Phi) is 6.57. The average molecular weight is 258 g/mol. The zero-order chi connectivity index (χ0) is 13.6. The molecular formula is C14H30N2O2. The predicted molar refractivity (Wildman–Crippen MR) is 74.5 cm³/mol. The van der Waals surface area contributed by atoms with Gasteiger partial charge in [0.15, 0.2) is 6.29 Å². The predicted octanol–water partition coefficient (Wildman–Crippen LogP) is 1.83. The highest BCUT2D eigenvalue weighted by atomic mass is 16.7. The van der Waals surface area contributed by atoms with Crippen LogP contribution in [-0.4, -0.2) is 50.6 Å². The first-order valence-corrected chi connectivity index (χ1v) is 7.06. The Morgan fingerprint density at radius 3 is 2.50 bits per heavy atom. The lowest BCUT2D eigenvalue weighted by atomic mass is 9.94. The number of nitrogens with zero attached hydrogens (tertiary/aromatic N) is 1. The Hall–Kier alpha value is -0.160. The lowest BCUT2D eigenvalue weighted by molar-refractivity contribution is -0.128. The van der Waals surface area contributed by atoms with Crippen molar-refractivity contribution in [3.05, 3.63) is 0 Å². The average Bonchev–Trinajstić information content (AvgIpc) is 2.61. The normalized spacial score (nSPS) is 26.0. The zero-order valence-electron chi connectivity index (χ0n) is 12.4. The highest BCUT2D eigenvalue weighted by Crippen LogP contribution is 2.27. The fourth-order valence-corrected chi connectivity index (χ4v) is 2.77. The molecule has 1 aliphatic rings. The molecule has 1 rings (SSSR count). The molecule has 2 atom stereocenters. The van der Waals surface area contributed by atoms with Crippen molar-refractivity contribution in [2.24, 2.45) is 11.7 Å². The van der Waals surface area contributed by atoms with Gasteiger partial charge in [0.05, 0.1) is 0 Å². The molecule has 2 unspecified atom stereocenters. The van der Waals surface area contributed by atoms with Gasteiger partial charge >= 0.3 is 0 Å². The second kappa shape index (κ2) is 7.43. The van der Waals surface area contributed by atoms with Crippen molar-refractivity contribution in [3.8, 4) is 0 Å². The van der Waals surface area contributed by atoms with Crippen LogP contribution in [0.5, 0.6) is 0 Å². The number of likely N-dealkylation sites (tertiary alicyclic amines) is 1. The number of rotatable bonds is 6. The second-order valence-corrected chi connectivity index (χ2v) is 5.83. The van der Waals surface area contributed by atoms with Crippen molar-refractivity contribution in [1.82, 2.24) is 4.90 Å². The Balaban J connectivity index is 2.66. The van der Waals surface area contributed by atoms with Crippen LogP contribution < -0.4 is 5.73 Å². The monoisotopic (exact) mass is 258 g/mol. The standard InChI is InChI=1S/C14H30N2O2/c1-12-6-5-8-16(9-7-12)14(2,11-15)10-13(17-3)18-4/h12-13H,5-11,15H2,1-4H3. The summed E-state index contributed by atoms with van der Waals surface area (Å²) < 4.78 is 10.7. The molecule has 18 heavy (non-hydrogen) atoms. The van der Waals surface area contributed by atoms with E-state index in [1.54, 1.807) is 14.2 Å². The van der Waals surface area contributed by atoms with E-state index in [2.05, 4.69) is 18.7 Å². The van der Waals surface area contributed by atoms with E-state index in [1.807, 2.05) is 0 Å². The van der Waals surface area contributed by atoms with E-state index in [9.17, 15) is 0 Å². The van der Waals surface area contributed by atoms with Crippen LogP contribution in [0.2, 0.25) is 0 Å². The van der Waals surface area contributed by atoms with Crippen LogP contribution in [0.1, 0.15) is 39.5 Å². The number of nitrogens with two attached hydrogens (primary N) is 1. The van der Waals surface area contributed by atoms with Crippen LogP contribution >= 0.6 is 0 Å². The molecule has 4 nitrogen and oxygen atoms in total. The molecule has 0 amide bonds. The van der Waals surface area contributed by atoms with Crippen LogP contribution in [0.4, 0.5) is 0 Å². The van der Waals surface area contributed by atoms with Crippen molar-refractivity contribution < 1.29 is 9.47 Å². The summed E-state index contributed by atoms with van der Waals surface area (Å²) >= 11 is 0. The highest BCUT2D eigenvalue weighted by Gasteiger charge is 2.34. The van der Waals surface area contributed by atoms with Crippen molar-refractivity contribution in [2.45, 2.75) is 51.4 Å². The number of hydrogen-bond acceptors (Lipinski definition) is 4. The molecule has 1 saturated heterocycles. The molecular weight excluding hydrogens is 228 g/mol. The maximum Gasteiger partial charge on any atom is 0.158 e. The topological polar surface area (TPSA) is 47.7 Å². The molecule has 4 heteroatoms. The Labute approximate surface area is 112 Å². The summed E-state index contributed by atoms with van der Waals surface area (Å²) in [5.41, 5.74) is 6.00. The molecule has 0 aromatic rings. The van der Waals surface area contributed by atoms with Crippen LogP contribution in [-0.2, 0) is 9.47 Å². The molecule has 2 N–H and O–H groups in total. The van der Waals surface area contributed by atoms with E-state index >= 15 is 0 Å². The largest absolute Gasteiger partial charge is 0.356 e. The fraction of sp³-hybridized carbons (Fsp3) is 1.00. The molecule has 1 heterocycles. The van der Waals surface area contributed by atoms with E-state index < -0.39 is 0 Å². The van der Waals surface area contributed by atoms with Gasteiger partial charge in [-0.05, 0) is 45.2 Å². The van der Waals surface area contributed by atoms with Gasteiger partial charge in [-0.1, -0.05) is 6.92 Å². The minimum absolute atomic E-state index is 0.0270. The fourth-order valence-electron chi connectivity index (χ4n) is 2.77. The van der Waals surface area contributed by atoms with Gasteiger partial charge in [-0.25, -0.2) is 0 Å². The number of hydrogen-bond donors (Lipinski definition) is 1. The third-order valence-electron chi connectivity index (χ3n) is 4.35. The third kappa shape index (κ3) is 4.19.